The minimum absolute atomic E-state index is 0.0963. The van der Waals surface area contributed by atoms with Gasteiger partial charge in [0.15, 0.2) is 18.1 Å². The largest absolute Gasteiger partial charge is 0.493 e. The molecule has 0 aromatic heterocycles. The van der Waals surface area contributed by atoms with Crippen LogP contribution in [0.25, 0.3) is 0 Å². The van der Waals surface area contributed by atoms with Crippen molar-refractivity contribution >= 4 is 23.5 Å². The Morgan fingerprint density at radius 2 is 1.55 bits per heavy atom. The summed E-state index contributed by atoms with van der Waals surface area (Å²) in [6.45, 7) is -0.853. The van der Waals surface area contributed by atoms with E-state index in [1.807, 2.05) is 0 Å². The number of amides is 2. The highest BCUT2D eigenvalue weighted by Gasteiger charge is 2.20. The Morgan fingerprint density at radius 1 is 0.968 bits per heavy atom. The van der Waals surface area contributed by atoms with Crippen molar-refractivity contribution in [3.63, 3.8) is 0 Å². The van der Waals surface area contributed by atoms with Gasteiger partial charge in [-0.3, -0.25) is 9.59 Å². The molecule has 2 aromatic carbocycles. The van der Waals surface area contributed by atoms with Crippen molar-refractivity contribution in [2.75, 3.05) is 46.8 Å². The molecule has 0 aliphatic heterocycles. The van der Waals surface area contributed by atoms with Gasteiger partial charge < -0.3 is 29.2 Å². The first-order chi connectivity index (χ1) is 14.8. The molecule has 0 heterocycles. The van der Waals surface area contributed by atoms with Crippen molar-refractivity contribution in [2.45, 2.75) is 0 Å². The van der Waals surface area contributed by atoms with Crippen LogP contribution in [0.15, 0.2) is 36.4 Å². The average Bonchev–Trinajstić information content (AvgIpc) is 2.77. The van der Waals surface area contributed by atoms with Gasteiger partial charge in [-0.05, 0) is 36.4 Å². The molecule has 0 unspecified atom stereocenters. The second-order valence-corrected chi connectivity index (χ2v) is 6.30. The van der Waals surface area contributed by atoms with Gasteiger partial charge in [0, 0.05) is 12.7 Å². The maximum Gasteiger partial charge on any atom is 0.338 e. The molecule has 0 fully saturated rings. The number of carbonyl (C=O) groups excluding carboxylic acids is 3. The Labute approximate surface area is 178 Å². The van der Waals surface area contributed by atoms with E-state index in [2.05, 4.69) is 5.32 Å². The lowest BCUT2D eigenvalue weighted by atomic mass is 10.2. The molecule has 0 atom stereocenters. The van der Waals surface area contributed by atoms with Crippen LogP contribution >= 0.6 is 0 Å². The Balaban J connectivity index is 1.93. The minimum Gasteiger partial charge on any atom is -0.493 e. The molecule has 2 aromatic rings. The van der Waals surface area contributed by atoms with Crippen molar-refractivity contribution < 1.29 is 37.7 Å². The molecule has 0 saturated heterocycles. The van der Waals surface area contributed by atoms with Crippen molar-refractivity contribution in [3.8, 4) is 17.2 Å². The number of nitrogens with one attached hydrogen (secondary N) is 1. The lowest BCUT2D eigenvalue weighted by Crippen LogP contribution is -2.37. The Hall–Kier alpha value is -3.82. The van der Waals surface area contributed by atoms with E-state index >= 15 is 0 Å². The van der Waals surface area contributed by atoms with Crippen LogP contribution in [0.2, 0.25) is 0 Å². The average molecular weight is 434 g/mol. The van der Waals surface area contributed by atoms with E-state index in [0.29, 0.717) is 11.4 Å². The highest BCUT2D eigenvalue weighted by Crippen LogP contribution is 2.38. The number of hydrogen-bond donors (Lipinski definition) is 1. The second kappa shape index (κ2) is 10.8. The Kier molecular flexibility index (Phi) is 8.18. The molecule has 166 valence electrons. The third kappa shape index (κ3) is 6.33. The minimum atomic E-state index is -0.781. The number of esters is 1. The van der Waals surface area contributed by atoms with Gasteiger partial charge in [-0.15, -0.1) is 0 Å². The zero-order chi connectivity index (χ0) is 23.0. The summed E-state index contributed by atoms with van der Waals surface area (Å²) in [5, 5.41) is 2.53. The molecule has 0 spiro atoms. The van der Waals surface area contributed by atoms with Crippen molar-refractivity contribution in [2.24, 2.45) is 0 Å². The van der Waals surface area contributed by atoms with Gasteiger partial charge in [-0.1, -0.05) is 0 Å². The number of carbonyl (C=O) groups is 3. The molecular weight excluding hydrogens is 411 g/mol. The van der Waals surface area contributed by atoms with E-state index in [1.54, 1.807) is 0 Å². The van der Waals surface area contributed by atoms with Crippen LogP contribution in [0.4, 0.5) is 10.1 Å². The highest BCUT2D eigenvalue weighted by molar-refractivity contribution is 5.95. The number of anilines is 1. The predicted octanol–water partition coefficient (Wildman–Crippen LogP) is 2.11. The topological polar surface area (TPSA) is 103 Å². The van der Waals surface area contributed by atoms with E-state index in [-0.39, 0.29) is 23.6 Å². The van der Waals surface area contributed by atoms with Gasteiger partial charge in [-0.2, -0.15) is 0 Å². The van der Waals surface area contributed by atoms with Gasteiger partial charge in [0.2, 0.25) is 11.7 Å². The second-order valence-electron chi connectivity index (χ2n) is 6.30. The van der Waals surface area contributed by atoms with Crippen molar-refractivity contribution in [1.82, 2.24) is 4.90 Å². The number of nitrogens with zero attached hydrogens (tertiary/aromatic N) is 1. The number of ether oxygens (including phenoxy) is 4. The van der Waals surface area contributed by atoms with E-state index in [4.69, 9.17) is 18.9 Å². The number of likely N-dealkylation sites (N-methyl/N-ethyl adjacent to an activating group) is 1. The summed E-state index contributed by atoms with van der Waals surface area (Å²) in [7, 11) is 5.63. The zero-order valence-corrected chi connectivity index (χ0v) is 17.6. The van der Waals surface area contributed by atoms with E-state index < -0.39 is 30.2 Å². The SMILES string of the molecule is COc1cc(C(=O)OCC(=O)N(C)CC(=O)Nc2ccc(F)cc2)cc(OC)c1OC. The Bertz CT molecular complexity index is 922. The van der Waals surface area contributed by atoms with Gasteiger partial charge in [0.25, 0.3) is 5.91 Å². The molecule has 31 heavy (non-hydrogen) atoms. The van der Waals surface area contributed by atoms with Gasteiger partial charge >= 0.3 is 5.97 Å². The summed E-state index contributed by atoms with van der Waals surface area (Å²) in [6, 6.07) is 7.99. The van der Waals surface area contributed by atoms with Crippen LogP contribution in [0.5, 0.6) is 17.2 Å². The van der Waals surface area contributed by atoms with Crippen LogP contribution < -0.4 is 19.5 Å². The number of halogens is 1. The number of rotatable bonds is 9. The third-order valence-corrected chi connectivity index (χ3v) is 4.16. The summed E-state index contributed by atoms with van der Waals surface area (Å²) in [4.78, 5) is 37.7. The molecule has 2 rings (SSSR count). The molecule has 0 radical (unpaired) electrons. The predicted molar refractivity (Wildman–Crippen MR) is 109 cm³/mol. The maximum atomic E-state index is 12.9. The fourth-order valence-electron chi connectivity index (χ4n) is 2.56. The monoisotopic (exact) mass is 434 g/mol. The lowest BCUT2D eigenvalue weighted by molar-refractivity contribution is -0.136. The van der Waals surface area contributed by atoms with Crippen molar-refractivity contribution in [1.29, 1.82) is 0 Å². The first-order valence-electron chi connectivity index (χ1n) is 9.05. The van der Waals surface area contributed by atoms with Crippen LogP contribution in [-0.2, 0) is 14.3 Å². The molecule has 0 aliphatic carbocycles. The first-order valence-corrected chi connectivity index (χ1v) is 9.05. The smallest absolute Gasteiger partial charge is 0.338 e. The summed E-state index contributed by atoms with van der Waals surface area (Å²) in [6.07, 6.45) is 0. The third-order valence-electron chi connectivity index (χ3n) is 4.16. The molecule has 0 aliphatic rings. The van der Waals surface area contributed by atoms with E-state index in [1.165, 1.54) is 64.8 Å². The van der Waals surface area contributed by atoms with E-state index in [0.717, 1.165) is 4.90 Å². The standard InChI is InChI=1S/C21H23FN2O7/c1-24(11-18(25)23-15-7-5-14(22)6-8-15)19(26)12-31-21(27)13-9-16(28-2)20(30-4)17(10-13)29-3/h5-10H,11-12H2,1-4H3,(H,23,25). The summed E-state index contributed by atoms with van der Waals surface area (Å²) >= 11 is 0. The number of hydrogen-bond acceptors (Lipinski definition) is 7. The molecule has 2 amide bonds. The Morgan fingerprint density at radius 3 is 2.06 bits per heavy atom. The molecule has 1 N–H and O–H groups in total. The van der Waals surface area contributed by atoms with E-state index in [9.17, 15) is 18.8 Å². The van der Waals surface area contributed by atoms with Crippen LogP contribution in [0.3, 0.4) is 0 Å². The van der Waals surface area contributed by atoms with Gasteiger partial charge in [-0.25, -0.2) is 9.18 Å². The van der Waals surface area contributed by atoms with Crippen LogP contribution in [0.1, 0.15) is 10.4 Å². The molecule has 0 bridgehead atoms. The summed E-state index contributed by atoms with van der Waals surface area (Å²) < 4.78 is 33.5. The molecule has 9 nitrogen and oxygen atoms in total. The first kappa shape index (κ1) is 23.5. The van der Waals surface area contributed by atoms with Crippen LogP contribution in [-0.4, -0.2) is 64.2 Å². The molecule has 0 saturated carbocycles. The summed E-state index contributed by atoms with van der Waals surface area (Å²) in [5.74, 6) is -1.46. The normalized spacial score (nSPS) is 10.1. The quantitative estimate of drug-likeness (QED) is 0.603. The summed E-state index contributed by atoms with van der Waals surface area (Å²) in [5.41, 5.74) is 0.486. The highest BCUT2D eigenvalue weighted by atomic mass is 19.1. The fourth-order valence-corrected chi connectivity index (χ4v) is 2.56. The van der Waals surface area contributed by atoms with Crippen LogP contribution in [0, 0.1) is 5.82 Å². The molecular formula is C21H23FN2O7. The van der Waals surface area contributed by atoms with Gasteiger partial charge in [0.1, 0.15) is 5.82 Å². The maximum absolute atomic E-state index is 12.9. The molecule has 10 heteroatoms. The fraction of sp³-hybridized carbons (Fsp3) is 0.286. The number of methoxy groups -OCH3 is 3. The zero-order valence-electron chi connectivity index (χ0n) is 17.6. The number of benzene rings is 2. The van der Waals surface area contributed by atoms with Crippen molar-refractivity contribution in [3.05, 3.63) is 47.8 Å². The van der Waals surface area contributed by atoms with Gasteiger partial charge in [0.05, 0.1) is 33.4 Å². The lowest BCUT2D eigenvalue weighted by Gasteiger charge is -2.17.